The van der Waals surface area contributed by atoms with Gasteiger partial charge in [0.1, 0.15) is 11.5 Å². The van der Waals surface area contributed by atoms with Gasteiger partial charge in [-0.05, 0) is 48.9 Å². The third-order valence-corrected chi connectivity index (χ3v) is 4.33. The van der Waals surface area contributed by atoms with Crippen molar-refractivity contribution in [3.63, 3.8) is 0 Å². The molecule has 1 unspecified atom stereocenters. The summed E-state index contributed by atoms with van der Waals surface area (Å²) in [6, 6.07) is 9.78. The average Bonchev–Trinajstić information content (AvgIpc) is 2.80. The smallest absolute Gasteiger partial charge is 0.406 e. The molecule has 0 aliphatic carbocycles. The van der Waals surface area contributed by atoms with Gasteiger partial charge in [0.05, 0.1) is 13.2 Å². The van der Waals surface area contributed by atoms with E-state index in [4.69, 9.17) is 4.74 Å². The second-order valence-electron chi connectivity index (χ2n) is 7.57. The molecule has 1 atom stereocenters. The van der Waals surface area contributed by atoms with Crippen molar-refractivity contribution in [1.82, 2.24) is 15.0 Å². The van der Waals surface area contributed by atoms with Gasteiger partial charge >= 0.3 is 12.7 Å². The first-order valence-corrected chi connectivity index (χ1v) is 10.7. The number of methoxy groups -OCH3 is 1. The minimum atomic E-state index is -4.82. The first-order valence-electron chi connectivity index (χ1n) is 10.7. The molecule has 16 heteroatoms. The molecule has 0 saturated carbocycles. The molecule has 38 heavy (non-hydrogen) atoms. The monoisotopic (exact) mass is 545 g/mol. The molecule has 2 aromatic carbocycles. The van der Waals surface area contributed by atoms with E-state index in [-0.39, 0.29) is 36.2 Å². The zero-order valence-electron chi connectivity index (χ0n) is 19.8. The maximum absolute atomic E-state index is 12.4. The number of rotatable bonds is 11. The van der Waals surface area contributed by atoms with E-state index in [0.717, 1.165) is 24.3 Å². The van der Waals surface area contributed by atoms with Gasteiger partial charge in [0.25, 0.3) is 5.95 Å². The molecule has 1 aromatic heterocycles. The number of nitrogens with zero attached hydrogens (tertiary/aromatic N) is 5. The van der Waals surface area contributed by atoms with Crippen molar-refractivity contribution < 1.29 is 40.6 Å². The minimum Gasteiger partial charge on any atom is -0.406 e. The number of azo groups is 1. The summed E-state index contributed by atoms with van der Waals surface area (Å²) in [7, 11) is 1.52. The molecule has 0 aliphatic rings. The molecule has 10 nitrogen and oxygen atoms in total. The van der Waals surface area contributed by atoms with Crippen molar-refractivity contribution in [1.29, 1.82) is 0 Å². The Kier molecular flexibility index (Phi) is 9.22. The summed E-state index contributed by atoms with van der Waals surface area (Å²) in [5, 5.41) is 13.8. The van der Waals surface area contributed by atoms with Gasteiger partial charge in [-0.1, -0.05) is 12.1 Å². The van der Waals surface area contributed by atoms with E-state index in [2.05, 4.69) is 45.3 Å². The first kappa shape index (κ1) is 28.4. The highest BCUT2D eigenvalue weighted by Gasteiger charge is 2.31. The number of nitrogens with one attached hydrogen (secondary N) is 2. The Balaban J connectivity index is 1.74. The van der Waals surface area contributed by atoms with Crippen LogP contribution in [-0.4, -0.2) is 47.4 Å². The number of aromatic nitrogens is 3. The minimum absolute atomic E-state index is 0.00422. The Hall–Kier alpha value is -4.21. The molecule has 0 saturated heterocycles. The zero-order chi connectivity index (χ0) is 27.8. The second kappa shape index (κ2) is 12.4. The van der Waals surface area contributed by atoms with E-state index >= 15 is 0 Å². The number of benzene rings is 2. The molecule has 204 valence electrons. The van der Waals surface area contributed by atoms with Crippen LogP contribution in [0.4, 0.5) is 49.9 Å². The van der Waals surface area contributed by atoms with Crippen molar-refractivity contribution in [3.8, 4) is 11.5 Å². The second-order valence-corrected chi connectivity index (χ2v) is 7.57. The van der Waals surface area contributed by atoms with E-state index < -0.39 is 18.5 Å². The van der Waals surface area contributed by atoms with Gasteiger partial charge in [-0.3, -0.25) is 0 Å². The number of hydrogen-bond donors (Lipinski definition) is 2. The number of anilines is 3. The number of halogens is 6. The standard InChI is InChI=1S/C22H21F6N7O3/c1-13(12-36-2)30-18-32-19(31-15-5-9-17(10-6-15)38-22(26,27)28)34-20(33-18)35-29-11-14-3-7-16(8-4-14)37-21(23,24)25/h3-10,13H,11-12H2,1-2H3,(H2,30,31,32,33,34). The third kappa shape index (κ3) is 10.0. The Labute approximate surface area is 212 Å². The van der Waals surface area contributed by atoms with Crippen LogP contribution in [0.1, 0.15) is 12.5 Å². The van der Waals surface area contributed by atoms with Crippen LogP contribution >= 0.6 is 0 Å². The van der Waals surface area contributed by atoms with Gasteiger partial charge in [-0.25, -0.2) is 0 Å². The van der Waals surface area contributed by atoms with Crippen molar-refractivity contribution in [2.75, 3.05) is 24.4 Å². The van der Waals surface area contributed by atoms with Crippen LogP contribution in [0.2, 0.25) is 0 Å². The maximum Gasteiger partial charge on any atom is 0.573 e. The molecule has 0 bridgehead atoms. The van der Waals surface area contributed by atoms with Crippen molar-refractivity contribution >= 4 is 23.5 Å². The molecule has 1 heterocycles. The van der Waals surface area contributed by atoms with Crippen LogP contribution in [0.25, 0.3) is 0 Å². The fourth-order valence-corrected chi connectivity index (χ4v) is 2.89. The van der Waals surface area contributed by atoms with Crippen molar-refractivity contribution in [3.05, 3.63) is 54.1 Å². The molecule has 0 fully saturated rings. The van der Waals surface area contributed by atoms with E-state index in [9.17, 15) is 26.3 Å². The number of ether oxygens (including phenoxy) is 3. The highest BCUT2D eigenvalue weighted by atomic mass is 19.4. The van der Waals surface area contributed by atoms with Crippen LogP contribution < -0.4 is 20.1 Å². The summed E-state index contributed by atoms with van der Waals surface area (Å²) in [5.74, 6) is -0.748. The molecule has 0 radical (unpaired) electrons. The molecule has 0 spiro atoms. The largest absolute Gasteiger partial charge is 0.573 e. The zero-order valence-corrected chi connectivity index (χ0v) is 19.8. The topological polar surface area (TPSA) is 115 Å². The molecule has 0 aliphatic heterocycles. The van der Waals surface area contributed by atoms with Gasteiger partial charge in [0, 0.05) is 18.8 Å². The summed E-state index contributed by atoms with van der Waals surface area (Å²) in [5.41, 5.74) is 0.898. The van der Waals surface area contributed by atoms with Crippen LogP contribution in [0, 0.1) is 0 Å². The summed E-state index contributed by atoms with van der Waals surface area (Å²) in [4.78, 5) is 12.5. The summed E-state index contributed by atoms with van der Waals surface area (Å²) < 4.78 is 86.8. The van der Waals surface area contributed by atoms with E-state index in [1.807, 2.05) is 6.92 Å². The lowest BCUT2D eigenvalue weighted by Gasteiger charge is -2.14. The summed E-state index contributed by atoms with van der Waals surface area (Å²) in [6.45, 7) is 2.15. The van der Waals surface area contributed by atoms with Gasteiger partial charge < -0.3 is 24.8 Å². The fourth-order valence-electron chi connectivity index (χ4n) is 2.89. The van der Waals surface area contributed by atoms with Crippen LogP contribution in [0.5, 0.6) is 11.5 Å². The van der Waals surface area contributed by atoms with Gasteiger partial charge in [0.2, 0.25) is 11.9 Å². The summed E-state index contributed by atoms with van der Waals surface area (Å²) >= 11 is 0. The predicted octanol–water partition coefficient (Wildman–Crippen LogP) is 6.14. The van der Waals surface area contributed by atoms with Crippen LogP contribution in [0.15, 0.2) is 58.8 Å². The predicted molar refractivity (Wildman–Crippen MR) is 123 cm³/mol. The molecular formula is C22H21F6N7O3. The van der Waals surface area contributed by atoms with Gasteiger partial charge in [0.15, 0.2) is 0 Å². The summed E-state index contributed by atoms with van der Waals surface area (Å²) in [6.07, 6.45) is -9.61. The third-order valence-electron chi connectivity index (χ3n) is 4.33. The average molecular weight is 545 g/mol. The lowest BCUT2D eigenvalue weighted by atomic mass is 10.2. The Bertz CT molecular complexity index is 1210. The molecule has 2 N–H and O–H groups in total. The SMILES string of the molecule is COCC(C)Nc1nc(N=NCc2ccc(OC(F)(F)F)cc2)nc(Nc2ccc(OC(F)(F)F)cc2)n1. The Morgan fingerprint density at radius 3 is 1.92 bits per heavy atom. The maximum atomic E-state index is 12.4. The molecule has 3 aromatic rings. The molecule has 0 amide bonds. The molecular weight excluding hydrogens is 524 g/mol. The molecule has 3 rings (SSSR count). The lowest BCUT2D eigenvalue weighted by Crippen LogP contribution is -2.22. The van der Waals surface area contributed by atoms with Crippen LogP contribution in [0.3, 0.4) is 0 Å². The Morgan fingerprint density at radius 2 is 1.37 bits per heavy atom. The van der Waals surface area contributed by atoms with Crippen molar-refractivity contribution in [2.24, 2.45) is 10.2 Å². The normalized spacial score (nSPS) is 12.8. The first-order chi connectivity index (χ1) is 17.9. The fraction of sp³-hybridized carbons (Fsp3) is 0.318. The highest BCUT2D eigenvalue weighted by Crippen LogP contribution is 2.26. The number of hydrogen-bond acceptors (Lipinski definition) is 10. The van der Waals surface area contributed by atoms with E-state index in [1.54, 1.807) is 0 Å². The van der Waals surface area contributed by atoms with Crippen LogP contribution in [-0.2, 0) is 11.3 Å². The quantitative estimate of drug-likeness (QED) is 0.218. The highest BCUT2D eigenvalue weighted by molar-refractivity contribution is 5.56. The Morgan fingerprint density at radius 1 is 0.816 bits per heavy atom. The number of alkyl halides is 6. The van der Waals surface area contributed by atoms with Crippen molar-refractivity contribution in [2.45, 2.75) is 32.2 Å². The van der Waals surface area contributed by atoms with E-state index in [1.165, 1.54) is 31.4 Å². The lowest BCUT2D eigenvalue weighted by molar-refractivity contribution is -0.275. The van der Waals surface area contributed by atoms with Gasteiger partial charge in [-0.15, -0.1) is 31.5 Å². The van der Waals surface area contributed by atoms with Gasteiger partial charge in [-0.2, -0.15) is 20.1 Å². The van der Waals surface area contributed by atoms with E-state index in [0.29, 0.717) is 17.9 Å².